The molecule has 3 aromatic carbocycles. The molecule has 0 radical (unpaired) electrons. The Balaban J connectivity index is 1.61. The van der Waals surface area contributed by atoms with Crippen molar-refractivity contribution in [1.29, 1.82) is 0 Å². The molecule has 4 nitrogen and oxygen atoms in total. The van der Waals surface area contributed by atoms with Crippen LogP contribution in [-0.2, 0) is 0 Å². The third kappa shape index (κ3) is 4.63. The summed E-state index contributed by atoms with van der Waals surface area (Å²) in [5, 5.41) is 2.88. The molecular weight excluding hydrogens is 326 g/mol. The van der Waals surface area contributed by atoms with E-state index in [2.05, 4.69) is 5.32 Å². The molecule has 1 amide bonds. The number of anilines is 1. The van der Waals surface area contributed by atoms with E-state index in [1.165, 1.54) is 0 Å². The molecule has 0 aliphatic carbocycles. The van der Waals surface area contributed by atoms with Gasteiger partial charge in [0.15, 0.2) is 0 Å². The van der Waals surface area contributed by atoms with Crippen LogP contribution >= 0.6 is 0 Å². The zero-order valence-corrected chi connectivity index (χ0v) is 14.9. The van der Waals surface area contributed by atoms with Gasteiger partial charge in [0.05, 0.1) is 6.61 Å². The molecule has 3 aromatic rings. The number of amides is 1. The Morgan fingerprint density at radius 2 is 1.35 bits per heavy atom. The number of hydrogen-bond acceptors (Lipinski definition) is 3. The molecule has 0 aromatic heterocycles. The SMILES string of the molecule is CCOc1ccc(Oc2ccc(NC(=O)c3ccc(C)cc3)cc2)cc1. The Kier molecular flexibility index (Phi) is 5.54. The lowest BCUT2D eigenvalue weighted by atomic mass is 10.1. The fraction of sp³-hybridized carbons (Fsp3) is 0.136. The molecule has 0 aliphatic rings. The van der Waals surface area contributed by atoms with Crippen molar-refractivity contribution in [2.45, 2.75) is 13.8 Å². The van der Waals surface area contributed by atoms with Gasteiger partial charge in [0, 0.05) is 11.3 Å². The molecule has 4 heteroatoms. The number of benzene rings is 3. The number of aryl methyl sites for hydroxylation is 1. The van der Waals surface area contributed by atoms with Gasteiger partial charge in [0.25, 0.3) is 5.91 Å². The normalized spacial score (nSPS) is 10.2. The van der Waals surface area contributed by atoms with Gasteiger partial charge in [-0.25, -0.2) is 0 Å². The predicted molar refractivity (Wildman–Crippen MR) is 103 cm³/mol. The minimum Gasteiger partial charge on any atom is -0.494 e. The van der Waals surface area contributed by atoms with Crippen LogP contribution in [0.4, 0.5) is 5.69 Å². The number of nitrogens with one attached hydrogen (secondary N) is 1. The van der Waals surface area contributed by atoms with Gasteiger partial charge >= 0.3 is 0 Å². The van der Waals surface area contributed by atoms with Crippen molar-refractivity contribution in [2.75, 3.05) is 11.9 Å². The first-order valence-electron chi connectivity index (χ1n) is 8.53. The van der Waals surface area contributed by atoms with Gasteiger partial charge in [-0.3, -0.25) is 4.79 Å². The minimum atomic E-state index is -0.134. The predicted octanol–water partition coefficient (Wildman–Crippen LogP) is 5.44. The maximum Gasteiger partial charge on any atom is 0.255 e. The van der Waals surface area contributed by atoms with E-state index in [9.17, 15) is 4.79 Å². The van der Waals surface area contributed by atoms with Crippen molar-refractivity contribution in [2.24, 2.45) is 0 Å². The number of carbonyl (C=O) groups excluding carboxylic acids is 1. The second-order valence-electron chi connectivity index (χ2n) is 5.85. The summed E-state index contributed by atoms with van der Waals surface area (Å²) in [6, 6.07) is 22.2. The van der Waals surface area contributed by atoms with E-state index >= 15 is 0 Å². The first-order chi connectivity index (χ1) is 12.6. The van der Waals surface area contributed by atoms with Crippen LogP contribution in [0.2, 0.25) is 0 Å². The lowest BCUT2D eigenvalue weighted by Gasteiger charge is -2.09. The molecule has 0 aliphatic heterocycles. The zero-order valence-electron chi connectivity index (χ0n) is 14.9. The fourth-order valence-corrected chi connectivity index (χ4v) is 2.42. The summed E-state index contributed by atoms with van der Waals surface area (Å²) >= 11 is 0. The Morgan fingerprint density at radius 1 is 0.808 bits per heavy atom. The van der Waals surface area contributed by atoms with Crippen LogP contribution in [-0.4, -0.2) is 12.5 Å². The van der Waals surface area contributed by atoms with E-state index in [0.717, 1.165) is 22.7 Å². The van der Waals surface area contributed by atoms with Crippen LogP contribution in [0.25, 0.3) is 0 Å². The lowest BCUT2D eigenvalue weighted by Crippen LogP contribution is -2.11. The van der Waals surface area contributed by atoms with Crippen molar-refractivity contribution in [1.82, 2.24) is 0 Å². The molecule has 0 fully saturated rings. The average molecular weight is 347 g/mol. The number of carbonyl (C=O) groups is 1. The van der Waals surface area contributed by atoms with Crippen molar-refractivity contribution >= 4 is 11.6 Å². The van der Waals surface area contributed by atoms with Gasteiger partial charge in [0.1, 0.15) is 17.2 Å². The van der Waals surface area contributed by atoms with Crippen LogP contribution in [0.15, 0.2) is 72.8 Å². The van der Waals surface area contributed by atoms with Crippen LogP contribution in [0.5, 0.6) is 17.2 Å². The third-order valence-corrected chi connectivity index (χ3v) is 3.80. The summed E-state index contributed by atoms with van der Waals surface area (Å²) < 4.78 is 11.2. The highest BCUT2D eigenvalue weighted by Crippen LogP contribution is 2.25. The standard InChI is InChI=1S/C22H21NO3/c1-3-25-19-12-14-21(15-13-19)26-20-10-8-18(9-11-20)23-22(24)17-6-4-16(2)5-7-17/h4-15H,3H2,1-2H3,(H,23,24). The fourth-order valence-electron chi connectivity index (χ4n) is 2.42. The van der Waals surface area contributed by atoms with Crippen LogP contribution in [0, 0.1) is 6.92 Å². The first kappa shape index (κ1) is 17.5. The van der Waals surface area contributed by atoms with E-state index in [4.69, 9.17) is 9.47 Å². The zero-order chi connectivity index (χ0) is 18.4. The molecule has 0 saturated carbocycles. The molecule has 0 bridgehead atoms. The van der Waals surface area contributed by atoms with Gasteiger partial charge < -0.3 is 14.8 Å². The molecule has 132 valence electrons. The maximum absolute atomic E-state index is 12.2. The minimum absolute atomic E-state index is 0.134. The lowest BCUT2D eigenvalue weighted by molar-refractivity contribution is 0.102. The third-order valence-electron chi connectivity index (χ3n) is 3.80. The van der Waals surface area contributed by atoms with Crippen LogP contribution < -0.4 is 14.8 Å². The molecular formula is C22H21NO3. The summed E-state index contributed by atoms with van der Waals surface area (Å²) in [6.07, 6.45) is 0. The largest absolute Gasteiger partial charge is 0.494 e. The molecule has 26 heavy (non-hydrogen) atoms. The number of rotatable bonds is 6. The quantitative estimate of drug-likeness (QED) is 0.646. The molecule has 0 atom stereocenters. The van der Waals surface area contributed by atoms with Crippen LogP contribution in [0.3, 0.4) is 0 Å². The van der Waals surface area contributed by atoms with Gasteiger partial charge in [-0.2, -0.15) is 0 Å². The summed E-state index contributed by atoms with van der Waals surface area (Å²) in [5.41, 5.74) is 2.47. The molecule has 0 spiro atoms. The Bertz CT molecular complexity index is 853. The monoisotopic (exact) mass is 347 g/mol. The number of ether oxygens (including phenoxy) is 2. The first-order valence-corrected chi connectivity index (χ1v) is 8.53. The van der Waals surface area contributed by atoms with Crippen molar-refractivity contribution < 1.29 is 14.3 Å². The van der Waals surface area contributed by atoms with E-state index in [1.54, 1.807) is 0 Å². The van der Waals surface area contributed by atoms with Crippen molar-refractivity contribution in [3.63, 3.8) is 0 Å². The Labute approximate surface area is 153 Å². The second kappa shape index (κ2) is 8.21. The number of hydrogen-bond donors (Lipinski definition) is 1. The highest BCUT2D eigenvalue weighted by molar-refractivity contribution is 6.04. The molecule has 0 unspecified atom stereocenters. The summed E-state index contributed by atoms with van der Waals surface area (Å²) in [4.78, 5) is 12.2. The van der Waals surface area contributed by atoms with Crippen LogP contribution in [0.1, 0.15) is 22.8 Å². The summed E-state index contributed by atoms with van der Waals surface area (Å²) in [5.74, 6) is 2.10. The Hall–Kier alpha value is -3.27. The summed E-state index contributed by atoms with van der Waals surface area (Å²) in [6.45, 7) is 4.57. The molecule has 1 N–H and O–H groups in total. The highest BCUT2D eigenvalue weighted by atomic mass is 16.5. The Morgan fingerprint density at radius 3 is 1.92 bits per heavy atom. The topological polar surface area (TPSA) is 47.6 Å². The maximum atomic E-state index is 12.2. The smallest absolute Gasteiger partial charge is 0.255 e. The van der Waals surface area contributed by atoms with E-state index in [1.807, 2.05) is 86.6 Å². The highest BCUT2D eigenvalue weighted by Gasteiger charge is 2.06. The van der Waals surface area contributed by atoms with E-state index < -0.39 is 0 Å². The molecule has 3 rings (SSSR count). The average Bonchev–Trinajstić information content (AvgIpc) is 2.66. The van der Waals surface area contributed by atoms with Gasteiger partial charge in [-0.05, 0) is 74.5 Å². The molecule has 0 saturated heterocycles. The van der Waals surface area contributed by atoms with Gasteiger partial charge in [-0.15, -0.1) is 0 Å². The van der Waals surface area contributed by atoms with Gasteiger partial charge in [-0.1, -0.05) is 17.7 Å². The van der Waals surface area contributed by atoms with Crippen molar-refractivity contribution in [3.8, 4) is 17.2 Å². The van der Waals surface area contributed by atoms with Gasteiger partial charge in [0.2, 0.25) is 0 Å². The second-order valence-corrected chi connectivity index (χ2v) is 5.85. The summed E-state index contributed by atoms with van der Waals surface area (Å²) in [7, 11) is 0. The van der Waals surface area contributed by atoms with E-state index in [0.29, 0.717) is 17.9 Å². The molecule has 0 heterocycles. The van der Waals surface area contributed by atoms with E-state index in [-0.39, 0.29) is 5.91 Å². The van der Waals surface area contributed by atoms with Crippen molar-refractivity contribution in [3.05, 3.63) is 83.9 Å².